The van der Waals surface area contributed by atoms with Crippen LogP contribution in [0.2, 0.25) is 0 Å². The molecule has 2 rings (SSSR count). The van der Waals surface area contributed by atoms with Crippen LogP contribution in [0.5, 0.6) is 0 Å². The van der Waals surface area contributed by atoms with Crippen molar-refractivity contribution in [3.8, 4) is 0 Å². The van der Waals surface area contributed by atoms with Crippen LogP contribution in [-0.2, 0) is 4.74 Å². The summed E-state index contributed by atoms with van der Waals surface area (Å²) in [6.07, 6.45) is 0.512. The van der Waals surface area contributed by atoms with E-state index >= 15 is 0 Å². The predicted octanol–water partition coefficient (Wildman–Crippen LogP) is 3.78. The van der Waals surface area contributed by atoms with Gasteiger partial charge >= 0.3 is 6.09 Å². The summed E-state index contributed by atoms with van der Waals surface area (Å²) in [5.41, 5.74) is 8.85. The number of carbonyl (C=O) groups is 1. The van der Waals surface area contributed by atoms with Crippen molar-refractivity contribution in [3.63, 3.8) is 0 Å². The van der Waals surface area contributed by atoms with Crippen molar-refractivity contribution in [2.45, 2.75) is 43.4 Å². The lowest BCUT2D eigenvalue weighted by Gasteiger charge is -2.30. The van der Waals surface area contributed by atoms with Crippen LogP contribution < -0.4 is 16.5 Å². The number of benzene rings is 1. The molecule has 1 aromatic rings. The number of hydrazone groups is 1. The lowest BCUT2D eigenvalue weighted by Crippen LogP contribution is -2.42. The quantitative estimate of drug-likeness (QED) is 0.362. The third-order valence-electron chi connectivity index (χ3n) is 3.52. The molecule has 1 heterocycles. The Morgan fingerprint density at radius 2 is 1.93 bits per heavy atom. The number of thiocarbonyl (C=S) groups is 1. The molecule has 10 heteroatoms. The topological polar surface area (TPSA) is 88.7 Å². The summed E-state index contributed by atoms with van der Waals surface area (Å²) < 4.78 is 18.8. The molecule has 0 radical (unpaired) electrons. The maximum Gasteiger partial charge on any atom is 0.408 e. The summed E-state index contributed by atoms with van der Waals surface area (Å²) in [5, 5.41) is 7.28. The second-order valence-electron chi connectivity index (χ2n) is 7.07. The fourth-order valence-electron chi connectivity index (χ4n) is 2.44. The summed E-state index contributed by atoms with van der Waals surface area (Å²) >= 11 is 8.34. The van der Waals surface area contributed by atoms with E-state index in [0.717, 1.165) is 17.9 Å². The van der Waals surface area contributed by atoms with Crippen molar-refractivity contribution in [2.24, 2.45) is 10.8 Å². The molecule has 1 fully saturated rings. The van der Waals surface area contributed by atoms with Gasteiger partial charge in [-0.15, -0.1) is 23.5 Å². The van der Waals surface area contributed by atoms with E-state index in [1.54, 1.807) is 56.4 Å². The molecule has 1 aliphatic rings. The Balaban J connectivity index is 2.38. The van der Waals surface area contributed by atoms with Gasteiger partial charge in [-0.2, -0.15) is 5.10 Å². The zero-order valence-corrected chi connectivity index (χ0v) is 18.5. The number of nitrogens with one attached hydrogen (secondary N) is 2. The smallest absolute Gasteiger partial charge is 0.408 e. The van der Waals surface area contributed by atoms with Gasteiger partial charge in [-0.25, -0.2) is 9.18 Å². The van der Waals surface area contributed by atoms with Gasteiger partial charge in [-0.05, 0) is 68.6 Å². The monoisotopic (exact) mass is 444 g/mol. The molecule has 154 valence electrons. The molecule has 1 atom stereocenters. The van der Waals surface area contributed by atoms with E-state index in [9.17, 15) is 9.18 Å². The molecular formula is C18H25FN4O2S3. The molecule has 6 nitrogen and oxygen atoms in total. The van der Waals surface area contributed by atoms with Crippen molar-refractivity contribution in [3.05, 3.63) is 35.6 Å². The van der Waals surface area contributed by atoms with Crippen molar-refractivity contribution >= 4 is 52.7 Å². The molecule has 0 aliphatic carbocycles. The Labute approximate surface area is 178 Å². The number of halogens is 1. The zero-order chi connectivity index (χ0) is 20.7. The number of rotatable bonds is 5. The Morgan fingerprint density at radius 1 is 1.32 bits per heavy atom. The number of alkyl carbamates (subject to hydrolysis) is 1. The van der Waals surface area contributed by atoms with Gasteiger partial charge in [-0.1, -0.05) is 12.1 Å². The second-order valence-corrected chi connectivity index (χ2v) is 10.2. The minimum atomic E-state index is -0.653. The molecule has 4 N–H and O–H groups in total. The largest absolute Gasteiger partial charge is 0.444 e. The Bertz CT molecular complexity index is 717. The molecule has 1 aliphatic heterocycles. The predicted molar refractivity (Wildman–Crippen MR) is 119 cm³/mol. The number of hydrogen-bond acceptors (Lipinski definition) is 6. The van der Waals surface area contributed by atoms with Crippen LogP contribution in [0.1, 0.15) is 38.8 Å². The number of ether oxygens (including phenoxy) is 1. The van der Waals surface area contributed by atoms with Crippen molar-refractivity contribution in [2.75, 3.05) is 11.5 Å². The molecule has 1 amide bonds. The third kappa shape index (κ3) is 7.48. The molecule has 0 aromatic heterocycles. The number of thioether (sulfide) groups is 2. The van der Waals surface area contributed by atoms with Gasteiger partial charge in [-0.3, -0.25) is 5.43 Å². The molecule has 0 bridgehead atoms. The second kappa shape index (κ2) is 10.3. The number of nitrogens with zero attached hydrogens (tertiary/aromatic N) is 1. The van der Waals surface area contributed by atoms with Gasteiger partial charge in [0, 0.05) is 0 Å². The number of amides is 1. The highest BCUT2D eigenvalue weighted by Gasteiger charge is 2.31. The average molecular weight is 445 g/mol. The Kier molecular flexibility index (Phi) is 8.38. The Hall–Kier alpha value is -1.52. The maximum atomic E-state index is 13.4. The van der Waals surface area contributed by atoms with Crippen LogP contribution in [0.4, 0.5) is 9.18 Å². The van der Waals surface area contributed by atoms with E-state index in [1.807, 2.05) is 0 Å². The van der Waals surface area contributed by atoms with Crippen molar-refractivity contribution in [1.29, 1.82) is 0 Å². The molecule has 0 spiro atoms. The van der Waals surface area contributed by atoms with Gasteiger partial charge in [0.1, 0.15) is 11.4 Å². The average Bonchev–Trinajstić information content (AvgIpc) is 2.61. The lowest BCUT2D eigenvalue weighted by atomic mass is 10.0. The minimum absolute atomic E-state index is 0.0133. The van der Waals surface area contributed by atoms with E-state index in [1.165, 1.54) is 12.1 Å². The van der Waals surface area contributed by atoms with E-state index in [4.69, 9.17) is 22.7 Å². The van der Waals surface area contributed by atoms with E-state index in [2.05, 4.69) is 15.8 Å². The van der Waals surface area contributed by atoms with Gasteiger partial charge in [0.15, 0.2) is 5.11 Å². The Morgan fingerprint density at radius 3 is 2.46 bits per heavy atom. The molecule has 28 heavy (non-hydrogen) atoms. The molecule has 1 saturated heterocycles. The van der Waals surface area contributed by atoms with E-state index in [0.29, 0.717) is 11.3 Å². The highest BCUT2D eigenvalue weighted by molar-refractivity contribution is 8.18. The van der Waals surface area contributed by atoms with Crippen LogP contribution in [0.15, 0.2) is 29.4 Å². The first kappa shape index (κ1) is 22.8. The van der Waals surface area contributed by atoms with Crippen LogP contribution in [0.3, 0.4) is 0 Å². The molecule has 0 saturated carbocycles. The van der Waals surface area contributed by atoms with Gasteiger partial charge in [0.25, 0.3) is 0 Å². The minimum Gasteiger partial charge on any atom is -0.444 e. The fraction of sp³-hybridized carbons (Fsp3) is 0.500. The first-order chi connectivity index (χ1) is 13.2. The first-order valence-electron chi connectivity index (χ1n) is 8.77. The highest BCUT2D eigenvalue weighted by atomic mass is 32.2. The normalized spacial score (nSPS) is 16.9. The summed E-state index contributed by atoms with van der Waals surface area (Å²) in [4.78, 5) is 12.5. The van der Waals surface area contributed by atoms with Crippen LogP contribution >= 0.6 is 35.7 Å². The first-order valence-corrected chi connectivity index (χ1v) is 11.3. The van der Waals surface area contributed by atoms with Gasteiger partial charge in [0.2, 0.25) is 0 Å². The maximum absolute atomic E-state index is 13.4. The standard InChI is InChI=1S/C18H25FN4O2S3/c1-18(2,3)25-17(24)21-13(11-5-7-12(19)8-6-11)14(22-23-16(20)26)15-27-9-4-10-28-15/h5-8,13,15H,4,9-10H2,1-3H3,(H,21,24)(H3,20,23,26)/b22-14-. The summed E-state index contributed by atoms with van der Waals surface area (Å²) in [7, 11) is 0. The van der Waals surface area contributed by atoms with Gasteiger partial charge < -0.3 is 15.8 Å². The highest BCUT2D eigenvalue weighted by Crippen LogP contribution is 2.35. The third-order valence-corrected chi connectivity index (χ3v) is 6.57. The SMILES string of the molecule is CC(C)(C)OC(=O)NC(/C(=N/NC(N)=S)C1SCCCS1)c1ccc(F)cc1. The molecule has 1 unspecified atom stereocenters. The van der Waals surface area contributed by atoms with Crippen molar-refractivity contribution in [1.82, 2.24) is 10.7 Å². The van der Waals surface area contributed by atoms with Crippen LogP contribution in [0.25, 0.3) is 0 Å². The lowest BCUT2D eigenvalue weighted by molar-refractivity contribution is 0.0517. The molecular weight excluding hydrogens is 419 g/mol. The van der Waals surface area contributed by atoms with E-state index < -0.39 is 17.7 Å². The van der Waals surface area contributed by atoms with Crippen LogP contribution in [0, 0.1) is 5.82 Å². The van der Waals surface area contributed by atoms with Crippen molar-refractivity contribution < 1.29 is 13.9 Å². The zero-order valence-electron chi connectivity index (χ0n) is 16.0. The van der Waals surface area contributed by atoms with Gasteiger partial charge in [0.05, 0.1) is 16.3 Å². The number of hydrogen-bond donors (Lipinski definition) is 3. The van der Waals surface area contributed by atoms with Crippen LogP contribution in [-0.4, -0.2) is 38.6 Å². The van der Waals surface area contributed by atoms with E-state index in [-0.39, 0.29) is 15.5 Å². The summed E-state index contributed by atoms with van der Waals surface area (Å²) in [6.45, 7) is 5.36. The summed E-state index contributed by atoms with van der Waals surface area (Å²) in [5.74, 6) is 1.60. The fourth-order valence-corrected chi connectivity index (χ4v) is 5.40. The summed E-state index contributed by atoms with van der Waals surface area (Å²) in [6, 6.07) is 5.30. The number of nitrogens with two attached hydrogens (primary N) is 1. The number of carbonyl (C=O) groups excluding carboxylic acids is 1. The molecule has 1 aromatic carbocycles.